The van der Waals surface area contributed by atoms with Crippen LogP contribution in [-0.4, -0.2) is 15.9 Å². The Kier molecular flexibility index (Phi) is 3.63. The molecule has 0 spiro atoms. The Labute approximate surface area is 114 Å². The van der Waals surface area contributed by atoms with E-state index in [2.05, 4.69) is 15.3 Å². The maximum Gasteiger partial charge on any atom is 0.270 e. The minimum atomic E-state index is -0.532. The first-order valence-corrected chi connectivity index (χ1v) is 6.60. The van der Waals surface area contributed by atoms with E-state index in [1.807, 2.05) is 19.2 Å². The van der Waals surface area contributed by atoms with Crippen LogP contribution < -0.4 is 5.32 Å². The Morgan fingerprint density at radius 3 is 2.83 bits per heavy atom. The van der Waals surface area contributed by atoms with Crippen LogP contribution in [0.3, 0.4) is 0 Å². The first-order valence-electron chi connectivity index (χ1n) is 5.34. The highest BCUT2D eigenvalue weighted by molar-refractivity contribution is 7.09. The first-order chi connectivity index (χ1) is 8.49. The molecule has 0 saturated carbocycles. The highest BCUT2D eigenvalue weighted by Gasteiger charge is 2.26. The van der Waals surface area contributed by atoms with Crippen molar-refractivity contribution in [3.05, 3.63) is 45.6 Å². The summed E-state index contributed by atoms with van der Waals surface area (Å²) in [5, 5.41) is 5.91. The summed E-state index contributed by atoms with van der Waals surface area (Å²) in [6.45, 7) is 3.79. The quantitative estimate of drug-likeness (QED) is 0.880. The van der Waals surface area contributed by atoms with E-state index in [9.17, 15) is 4.79 Å². The van der Waals surface area contributed by atoms with E-state index in [-0.39, 0.29) is 5.91 Å². The zero-order valence-electron chi connectivity index (χ0n) is 9.98. The molecule has 94 valence electrons. The van der Waals surface area contributed by atoms with E-state index in [1.54, 1.807) is 24.4 Å². The first kappa shape index (κ1) is 13.0. The molecule has 0 aromatic carbocycles. The van der Waals surface area contributed by atoms with Crippen LogP contribution in [0.25, 0.3) is 0 Å². The van der Waals surface area contributed by atoms with Crippen molar-refractivity contribution in [2.45, 2.75) is 19.4 Å². The van der Waals surface area contributed by atoms with Gasteiger partial charge in [0, 0.05) is 11.6 Å². The smallest absolute Gasteiger partial charge is 0.270 e. The van der Waals surface area contributed by atoms with Gasteiger partial charge in [0.1, 0.15) is 15.9 Å². The summed E-state index contributed by atoms with van der Waals surface area (Å²) < 4.78 is 0. The van der Waals surface area contributed by atoms with E-state index in [0.29, 0.717) is 10.8 Å². The second-order valence-electron chi connectivity index (χ2n) is 4.26. The number of hydrogen-bond donors (Lipinski definition) is 1. The second kappa shape index (κ2) is 5.04. The molecule has 0 saturated heterocycles. The van der Waals surface area contributed by atoms with Crippen LogP contribution in [0.1, 0.15) is 29.3 Å². The summed E-state index contributed by atoms with van der Waals surface area (Å²) in [6, 6.07) is 4.95. The van der Waals surface area contributed by atoms with Crippen molar-refractivity contribution < 1.29 is 4.79 Å². The number of pyridine rings is 1. The van der Waals surface area contributed by atoms with Crippen LogP contribution in [0.15, 0.2) is 29.8 Å². The number of hydrogen-bond acceptors (Lipinski definition) is 4. The van der Waals surface area contributed by atoms with Crippen LogP contribution >= 0.6 is 22.9 Å². The third-order valence-corrected chi connectivity index (χ3v) is 3.65. The lowest BCUT2D eigenvalue weighted by molar-refractivity contribution is 0.0907. The molecule has 2 aromatic heterocycles. The number of carbonyl (C=O) groups excluding carboxylic acids is 1. The fourth-order valence-electron chi connectivity index (χ4n) is 1.47. The Bertz CT molecular complexity index is 554. The normalized spacial score (nSPS) is 11.3. The van der Waals surface area contributed by atoms with Gasteiger partial charge < -0.3 is 5.32 Å². The number of carbonyl (C=O) groups is 1. The molecule has 2 rings (SSSR count). The molecule has 0 bridgehead atoms. The van der Waals surface area contributed by atoms with Gasteiger partial charge in [-0.1, -0.05) is 17.7 Å². The van der Waals surface area contributed by atoms with Crippen molar-refractivity contribution in [1.82, 2.24) is 15.3 Å². The van der Waals surface area contributed by atoms with Gasteiger partial charge in [0.05, 0.1) is 5.54 Å². The van der Waals surface area contributed by atoms with E-state index >= 15 is 0 Å². The van der Waals surface area contributed by atoms with E-state index in [0.717, 1.165) is 5.01 Å². The minimum Gasteiger partial charge on any atom is -0.339 e. The van der Waals surface area contributed by atoms with Crippen LogP contribution in [-0.2, 0) is 5.54 Å². The summed E-state index contributed by atoms with van der Waals surface area (Å²) in [7, 11) is 0. The zero-order chi connectivity index (χ0) is 13.2. The number of halogens is 1. The van der Waals surface area contributed by atoms with E-state index < -0.39 is 5.54 Å². The minimum absolute atomic E-state index is 0.266. The van der Waals surface area contributed by atoms with Gasteiger partial charge in [-0.15, -0.1) is 11.3 Å². The lowest BCUT2D eigenvalue weighted by atomic mass is 10.1. The predicted octanol–water partition coefficient (Wildman–Crippen LogP) is 2.86. The molecule has 0 fully saturated rings. The molecule has 1 N–H and O–H groups in total. The standard InChI is InChI=1S/C12H12ClN3OS/c1-12(2,11-14-6-7-18-11)16-10(17)8-4-3-5-9(13)15-8/h3-7H,1-2H3,(H,16,17). The van der Waals surface area contributed by atoms with Gasteiger partial charge in [-0.25, -0.2) is 9.97 Å². The van der Waals surface area contributed by atoms with Crippen LogP contribution in [0, 0.1) is 0 Å². The second-order valence-corrected chi connectivity index (χ2v) is 5.54. The summed E-state index contributed by atoms with van der Waals surface area (Å²) in [6.07, 6.45) is 1.71. The zero-order valence-corrected chi connectivity index (χ0v) is 11.5. The number of nitrogens with one attached hydrogen (secondary N) is 1. The van der Waals surface area contributed by atoms with Gasteiger partial charge in [-0.3, -0.25) is 4.79 Å². The Morgan fingerprint density at radius 2 is 2.22 bits per heavy atom. The molecule has 0 unspecified atom stereocenters. The molecule has 0 atom stereocenters. The SMILES string of the molecule is CC(C)(NC(=O)c1cccc(Cl)n1)c1nccs1. The molecule has 1 amide bonds. The summed E-state index contributed by atoms with van der Waals surface area (Å²) in [4.78, 5) is 20.2. The molecule has 2 aromatic rings. The van der Waals surface area contributed by atoms with Crippen LogP contribution in [0.5, 0.6) is 0 Å². The molecule has 0 aliphatic heterocycles. The van der Waals surface area contributed by atoms with Crippen molar-refractivity contribution >= 4 is 28.8 Å². The van der Waals surface area contributed by atoms with Gasteiger partial charge >= 0.3 is 0 Å². The Balaban J connectivity index is 2.17. The number of aromatic nitrogens is 2. The van der Waals surface area contributed by atoms with Crippen molar-refractivity contribution in [2.24, 2.45) is 0 Å². The predicted molar refractivity (Wildman–Crippen MR) is 71.9 cm³/mol. The number of rotatable bonds is 3. The Hall–Kier alpha value is -1.46. The Morgan fingerprint density at radius 1 is 1.44 bits per heavy atom. The average Bonchev–Trinajstić information content (AvgIpc) is 2.82. The molecule has 18 heavy (non-hydrogen) atoms. The lowest BCUT2D eigenvalue weighted by Gasteiger charge is -2.23. The van der Waals surface area contributed by atoms with Crippen molar-refractivity contribution in [1.29, 1.82) is 0 Å². The number of nitrogens with zero attached hydrogens (tertiary/aromatic N) is 2. The number of amides is 1. The van der Waals surface area contributed by atoms with Crippen LogP contribution in [0.4, 0.5) is 0 Å². The van der Waals surface area contributed by atoms with Crippen molar-refractivity contribution in [3.63, 3.8) is 0 Å². The van der Waals surface area contributed by atoms with Crippen molar-refractivity contribution in [2.75, 3.05) is 0 Å². The number of thiazole rings is 1. The van der Waals surface area contributed by atoms with E-state index in [1.165, 1.54) is 11.3 Å². The fraction of sp³-hybridized carbons (Fsp3) is 0.250. The van der Waals surface area contributed by atoms with Gasteiger partial charge in [0.2, 0.25) is 0 Å². The van der Waals surface area contributed by atoms with Gasteiger partial charge in [-0.2, -0.15) is 0 Å². The van der Waals surface area contributed by atoms with Gasteiger partial charge in [0.25, 0.3) is 5.91 Å². The molecule has 4 nitrogen and oxygen atoms in total. The molecular weight excluding hydrogens is 270 g/mol. The van der Waals surface area contributed by atoms with E-state index in [4.69, 9.17) is 11.6 Å². The fourth-order valence-corrected chi connectivity index (χ4v) is 2.35. The molecular formula is C12H12ClN3OS. The molecule has 0 aliphatic rings. The topological polar surface area (TPSA) is 54.9 Å². The van der Waals surface area contributed by atoms with Gasteiger partial charge in [0.15, 0.2) is 0 Å². The summed E-state index contributed by atoms with van der Waals surface area (Å²) in [5.74, 6) is -0.266. The third-order valence-electron chi connectivity index (χ3n) is 2.34. The highest BCUT2D eigenvalue weighted by atomic mass is 35.5. The lowest BCUT2D eigenvalue weighted by Crippen LogP contribution is -2.41. The molecule has 2 heterocycles. The molecule has 0 radical (unpaired) electrons. The summed E-state index contributed by atoms with van der Waals surface area (Å²) >= 11 is 7.26. The maximum absolute atomic E-state index is 12.1. The third kappa shape index (κ3) is 2.86. The summed E-state index contributed by atoms with van der Waals surface area (Å²) in [5.41, 5.74) is -0.234. The maximum atomic E-state index is 12.1. The molecule has 6 heteroatoms. The molecule has 0 aliphatic carbocycles. The average molecular weight is 282 g/mol. The van der Waals surface area contributed by atoms with Crippen LogP contribution in [0.2, 0.25) is 5.15 Å². The largest absolute Gasteiger partial charge is 0.339 e. The highest BCUT2D eigenvalue weighted by Crippen LogP contribution is 2.22. The van der Waals surface area contributed by atoms with Crippen molar-refractivity contribution in [3.8, 4) is 0 Å². The monoisotopic (exact) mass is 281 g/mol. The van der Waals surface area contributed by atoms with Gasteiger partial charge in [-0.05, 0) is 26.0 Å².